The summed E-state index contributed by atoms with van der Waals surface area (Å²) in [6.07, 6.45) is 1.67. The first kappa shape index (κ1) is 16.2. The van der Waals surface area contributed by atoms with Crippen LogP contribution in [-0.2, 0) is 14.8 Å². The molecular weight excluding hydrogens is 328 g/mol. The summed E-state index contributed by atoms with van der Waals surface area (Å²) in [6, 6.07) is 11.7. The Kier molecular flexibility index (Phi) is 4.13. The highest BCUT2D eigenvalue weighted by Gasteiger charge is 2.24. The molecule has 1 aliphatic heterocycles. The maximum atomic E-state index is 12.2. The molecule has 0 radical (unpaired) electrons. The Morgan fingerprint density at radius 2 is 1.96 bits per heavy atom. The number of amides is 1. The van der Waals surface area contributed by atoms with Crippen LogP contribution in [0.4, 0.5) is 5.69 Å². The summed E-state index contributed by atoms with van der Waals surface area (Å²) in [4.78, 5) is 12.4. The third kappa shape index (κ3) is 2.91. The van der Waals surface area contributed by atoms with Crippen molar-refractivity contribution in [3.8, 4) is 5.75 Å². The number of nitrogens with one attached hydrogen (secondary N) is 2. The SMILES string of the molecule is CNS(=O)(=O)c1cccc(/C=C2/C(=O)Nc3cc(OC)ccc32)c1. The molecule has 24 heavy (non-hydrogen) atoms. The van der Waals surface area contributed by atoms with Crippen LogP contribution in [0.1, 0.15) is 11.1 Å². The molecule has 1 aliphatic rings. The molecule has 2 N–H and O–H groups in total. The van der Waals surface area contributed by atoms with E-state index in [9.17, 15) is 13.2 Å². The Morgan fingerprint density at radius 1 is 1.17 bits per heavy atom. The smallest absolute Gasteiger partial charge is 0.256 e. The van der Waals surface area contributed by atoms with Gasteiger partial charge in [0.25, 0.3) is 5.91 Å². The fourth-order valence-electron chi connectivity index (χ4n) is 2.50. The second-order valence-corrected chi connectivity index (χ2v) is 7.09. The maximum absolute atomic E-state index is 12.2. The number of carbonyl (C=O) groups excluding carboxylic acids is 1. The van der Waals surface area contributed by atoms with Crippen LogP contribution in [-0.4, -0.2) is 28.5 Å². The first-order chi connectivity index (χ1) is 11.4. The minimum absolute atomic E-state index is 0.146. The molecule has 1 amide bonds. The van der Waals surface area contributed by atoms with Gasteiger partial charge in [0.2, 0.25) is 10.0 Å². The van der Waals surface area contributed by atoms with Crippen molar-refractivity contribution in [2.75, 3.05) is 19.5 Å². The molecule has 1 heterocycles. The van der Waals surface area contributed by atoms with E-state index in [-0.39, 0.29) is 10.8 Å². The molecule has 0 saturated carbocycles. The fraction of sp³-hybridized carbons (Fsp3) is 0.118. The van der Waals surface area contributed by atoms with Gasteiger partial charge in [0.15, 0.2) is 0 Å². The summed E-state index contributed by atoms with van der Waals surface area (Å²) in [5.41, 5.74) is 2.53. The van der Waals surface area contributed by atoms with Crippen LogP contribution in [0, 0.1) is 0 Å². The lowest BCUT2D eigenvalue weighted by atomic mass is 10.0. The van der Waals surface area contributed by atoms with Gasteiger partial charge in [-0.1, -0.05) is 12.1 Å². The molecule has 0 aromatic heterocycles. The number of fused-ring (bicyclic) bond motifs is 1. The number of hydrogen-bond donors (Lipinski definition) is 2. The molecule has 0 spiro atoms. The van der Waals surface area contributed by atoms with Crippen molar-refractivity contribution in [1.29, 1.82) is 0 Å². The van der Waals surface area contributed by atoms with Gasteiger partial charge in [-0.15, -0.1) is 0 Å². The summed E-state index contributed by atoms with van der Waals surface area (Å²) in [5.74, 6) is 0.414. The summed E-state index contributed by atoms with van der Waals surface area (Å²) >= 11 is 0. The van der Waals surface area contributed by atoms with Crippen molar-refractivity contribution in [1.82, 2.24) is 4.72 Å². The van der Waals surface area contributed by atoms with E-state index in [1.54, 1.807) is 43.5 Å². The van der Waals surface area contributed by atoms with E-state index < -0.39 is 10.0 Å². The lowest BCUT2D eigenvalue weighted by Gasteiger charge is -2.04. The zero-order valence-corrected chi connectivity index (χ0v) is 14.0. The van der Waals surface area contributed by atoms with Gasteiger partial charge in [0.05, 0.1) is 17.7 Å². The van der Waals surface area contributed by atoms with Gasteiger partial charge in [0, 0.05) is 17.2 Å². The molecule has 0 saturated heterocycles. The Balaban J connectivity index is 2.05. The normalized spacial score (nSPS) is 15.2. The van der Waals surface area contributed by atoms with E-state index in [2.05, 4.69) is 10.0 Å². The highest BCUT2D eigenvalue weighted by atomic mass is 32.2. The quantitative estimate of drug-likeness (QED) is 0.832. The van der Waals surface area contributed by atoms with Gasteiger partial charge >= 0.3 is 0 Å². The van der Waals surface area contributed by atoms with Crippen LogP contribution in [0.5, 0.6) is 5.75 Å². The first-order valence-electron chi connectivity index (χ1n) is 7.19. The van der Waals surface area contributed by atoms with Crippen molar-refractivity contribution in [3.05, 3.63) is 53.6 Å². The van der Waals surface area contributed by atoms with E-state index >= 15 is 0 Å². The number of benzene rings is 2. The molecular formula is C17H16N2O4S. The number of hydrogen-bond acceptors (Lipinski definition) is 4. The van der Waals surface area contributed by atoms with Crippen molar-refractivity contribution in [2.24, 2.45) is 0 Å². The van der Waals surface area contributed by atoms with Crippen LogP contribution in [0.15, 0.2) is 47.4 Å². The van der Waals surface area contributed by atoms with Gasteiger partial charge < -0.3 is 10.1 Å². The van der Waals surface area contributed by atoms with Crippen molar-refractivity contribution in [3.63, 3.8) is 0 Å². The average Bonchev–Trinajstić information content (AvgIpc) is 2.90. The molecule has 124 valence electrons. The molecule has 0 bridgehead atoms. The molecule has 6 nitrogen and oxygen atoms in total. The highest BCUT2D eigenvalue weighted by Crippen LogP contribution is 2.35. The minimum atomic E-state index is -3.53. The molecule has 2 aromatic rings. The van der Waals surface area contributed by atoms with E-state index in [0.717, 1.165) is 5.56 Å². The molecule has 0 unspecified atom stereocenters. The third-order valence-corrected chi connectivity index (χ3v) is 5.17. The van der Waals surface area contributed by atoms with Crippen LogP contribution < -0.4 is 14.8 Å². The number of ether oxygens (including phenoxy) is 1. The largest absolute Gasteiger partial charge is 0.497 e. The Hall–Kier alpha value is -2.64. The molecule has 2 aromatic carbocycles. The van der Waals surface area contributed by atoms with E-state index in [1.165, 1.54) is 19.2 Å². The summed E-state index contributed by atoms with van der Waals surface area (Å²) in [6.45, 7) is 0. The number of sulfonamides is 1. The predicted octanol–water partition coefficient (Wildman–Crippen LogP) is 2.10. The molecule has 0 fully saturated rings. The molecule has 0 aliphatic carbocycles. The summed E-state index contributed by atoms with van der Waals surface area (Å²) in [7, 11) is -0.620. The van der Waals surface area contributed by atoms with E-state index in [1.807, 2.05) is 0 Å². The predicted molar refractivity (Wildman–Crippen MR) is 92.2 cm³/mol. The van der Waals surface area contributed by atoms with Crippen LogP contribution in [0.3, 0.4) is 0 Å². The standard InChI is InChI=1S/C17H16N2O4S/c1-18-24(21,22)13-5-3-4-11(8-13)9-15-14-7-6-12(23-2)10-16(14)19-17(15)20/h3-10,18H,1-2H3,(H,19,20)/b15-9+. The monoisotopic (exact) mass is 344 g/mol. The first-order valence-corrected chi connectivity index (χ1v) is 8.68. The van der Waals surface area contributed by atoms with Crippen molar-refractivity contribution in [2.45, 2.75) is 4.90 Å². The number of rotatable bonds is 4. The number of carbonyl (C=O) groups is 1. The highest BCUT2D eigenvalue weighted by molar-refractivity contribution is 7.89. The van der Waals surface area contributed by atoms with Gasteiger partial charge in [-0.3, -0.25) is 4.79 Å². The Morgan fingerprint density at radius 3 is 2.67 bits per heavy atom. The van der Waals surface area contributed by atoms with E-state index in [0.29, 0.717) is 22.6 Å². The fourth-order valence-corrected chi connectivity index (χ4v) is 3.28. The third-order valence-electron chi connectivity index (χ3n) is 3.76. The number of anilines is 1. The topological polar surface area (TPSA) is 84.5 Å². The lowest BCUT2D eigenvalue weighted by Crippen LogP contribution is -2.18. The van der Waals surface area contributed by atoms with Crippen LogP contribution >= 0.6 is 0 Å². The summed E-state index contributed by atoms with van der Waals surface area (Å²) < 4.78 is 31.2. The molecule has 0 atom stereocenters. The van der Waals surface area contributed by atoms with Crippen LogP contribution in [0.25, 0.3) is 11.6 Å². The van der Waals surface area contributed by atoms with E-state index in [4.69, 9.17) is 4.74 Å². The van der Waals surface area contributed by atoms with Gasteiger partial charge in [-0.2, -0.15) is 0 Å². The lowest BCUT2D eigenvalue weighted by molar-refractivity contribution is -0.110. The van der Waals surface area contributed by atoms with Gasteiger partial charge in [0.1, 0.15) is 5.75 Å². The second kappa shape index (κ2) is 6.10. The van der Waals surface area contributed by atoms with Gasteiger partial charge in [-0.05, 0) is 43.0 Å². The zero-order valence-electron chi connectivity index (χ0n) is 13.2. The van der Waals surface area contributed by atoms with Crippen molar-refractivity contribution >= 4 is 33.3 Å². The van der Waals surface area contributed by atoms with Gasteiger partial charge in [-0.25, -0.2) is 13.1 Å². The second-order valence-electron chi connectivity index (χ2n) is 5.20. The Labute approximate surface area is 140 Å². The summed E-state index contributed by atoms with van der Waals surface area (Å²) in [5, 5.41) is 2.78. The Bertz CT molecular complexity index is 949. The zero-order chi connectivity index (χ0) is 17.3. The van der Waals surface area contributed by atoms with Crippen LogP contribution in [0.2, 0.25) is 0 Å². The van der Waals surface area contributed by atoms with Crippen molar-refractivity contribution < 1.29 is 17.9 Å². The minimum Gasteiger partial charge on any atom is -0.497 e. The number of methoxy groups -OCH3 is 1. The molecule has 3 rings (SSSR count). The molecule has 7 heteroatoms. The average molecular weight is 344 g/mol. The maximum Gasteiger partial charge on any atom is 0.256 e.